The van der Waals surface area contributed by atoms with Crippen LogP contribution in [0, 0.1) is 0 Å². The van der Waals surface area contributed by atoms with Crippen LogP contribution in [0.5, 0.6) is 0 Å². The lowest BCUT2D eigenvalue weighted by Crippen LogP contribution is -1.95. The van der Waals surface area contributed by atoms with Gasteiger partial charge in [0.15, 0.2) is 0 Å². The van der Waals surface area contributed by atoms with Gasteiger partial charge in [0.2, 0.25) is 0 Å². The third-order valence-corrected chi connectivity index (χ3v) is 0. The molecule has 0 saturated heterocycles. The molecule has 0 aromatic carbocycles. The van der Waals surface area contributed by atoms with Gasteiger partial charge in [-0.15, -0.1) is 12.4 Å². The van der Waals surface area contributed by atoms with Gasteiger partial charge in [0.1, 0.15) is 0 Å². The molecule has 0 aliphatic heterocycles. The van der Waals surface area contributed by atoms with Gasteiger partial charge in [0.05, 0.1) is 11.0 Å². The van der Waals surface area contributed by atoms with Crippen molar-refractivity contribution in [2.24, 2.45) is 5.14 Å². The number of hydrogen-bond donors (Lipinski definition) is 1. The summed E-state index contributed by atoms with van der Waals surface area (Å²) in [6.07, 6.45) is 1.42. The first-order chi connectivity index (χ1) is 1.73. The highest BCUT2D eigenvalue weighted by molar-refractivity contribution is 7.81. The molecule has 1 unspecified atom stereocenters. The molecule has 0 aliphatic rings. The second-order valence-electron chi connectivity index (χ2n) is 0.499. The van der Waals surface area contributed by atoms with Crippen molar-refractivity contribution in [2.75, 3.05) is 6.26 Å². The molecule has 0 spiro atoms. The van der Waals surface area contributed by atoms with Crippen LogP contribution >= 0.6 is 12.4 Å². The first-order valence-electron chi connectivity index (χ1n) is 0.811. The first-order valence-corrected chi connectivity index (χ1v) is 2.43. The zero-order valence-electron chi connectivity index (χ0n) is 2.80. The molecular weight excluding hydrogens is 110 g/mol. The maximum atomic E-state index is 9.33. The summed E-state index contributed by atoms with van der Waals surface area (Å²) in [6, 6.07) is 0. The van der Waals surface area contributed by atoms with Crippen molar-refractivity contribution in [1.82, 2.24) is 0 Å². The molecule has 0 fully saturated rings. The maximum Gasteiger partial charge on any atom is 0.0856 e. The molecule has 5 heavy (non-hydrogen) atoms. The maximum absolute atomic E-state index is 9.33. The van der Waals surface area contributed by atoms with E-state index in [0.29, 0.717) is 0 Å². The summed E-state index contributed by atoms with van der Waals surface area (Å²) >= 11 is 0. The van der Waals surface area contributed by atoms with E-state index in [1.807, 2.05) is 0 Å². The molecule has 4 heteroatoms. The van der Waals surface area contributed by atoms with Gasteiger partial charge in [-0.05, 0) is 0 Å². The van der Waals surface area contributed by atoms with Crippen LogP contribution in [0.3, 0.4) is 0 Å². The van der Waals surface area contributed by atoms with E-state index in [9.17, 15) is 4.21 Å². The topological polar surface area (TPSA) is 43.1 Å². The summed E-state index contributed by atoms with van der Waals surface area (Å²) < 4.78 is 9.33. The largest absolute Gasteiger partial charge is 0.252 e. The zero-order chi connectivity index (χ0) is 3.58. The van der Waals surface area contributed by atoms with Gasteiger partial charge in [0.25, 0.3) is 0 Å². The van der Waals surface area contributed by atoms with Gasteiger partial charge in [-0.25, -0.2) is 4.21 Å². The van der Waals surface area contributed by atoms with E-state index in [1.54, 1.807) is 0 Å². The Morgan fingerprint density at radius 2 is 1.80 bits per heavy atom. The third-order valence-electron chi connectivity index (χ3n) is 0. The van der Waals surface area contributed by atoms with Crippen LogP contribution < -0.4 is 5.14 Å². The van der Waals surface area contributed by atoms with E-state index < -0.39 is 11.0 Å². The van der Waals surface area contributed by atoms with Gasteiger partial charge >= 0.3 is 0 Å². The summed E-state index contributed by atoms with van der Waals surface area (Å²) in [4.78, 5) is 0. The van der Waals surface area contributed by atoms with Crippen LogP contribution in [0.25, 0.3) is 0 Å². The van der Waals surface area contributed by atoms with Crippen molar-refractivity contribution >= 4 is 23.4 Å². The van der Waals surface area contributed by atoms with E-state index in [1.165, 1.54) is 6.26 Å². The van der Waals surface area contributed by atoms with Crippen molar-refractivity contribution in [1.29, 1.82) is 0 Å². The fourth-order valence-corrected chi connectivity index (χ4v) is 0. The Bertz CT molecular complexity index is 34.6. The molecule has 0 heterocycles. The molecule has 0 aromatic rings. The molecule has 2 N–H and O–H groups in total. The lowest BCUT2D eigenvalue weighted by atomic mass is 12.0. The van der Waals surface area contributed by atoms with Crippen molar-refractivity contribution < 1.29 is 4.21 Å². The normalized spacial score (nSPS) is 12.4. The predicted molar refractivity (Wildman–Crippen MR) is 25.5 cm³/mol. The van der Waals surface area contributed by atoms with Gasteiger partial charge in [-0.2, -0.15) is 0 Å². The molecule has 0 radical (unpaired) electrons. The minimum Gasteiger partial charge on any atom is -0.252 e. The fraction of sp³-hybridized carbons (Fsp3) is 1.00. The fourth-order valence-electron chi connectivity index (χ4n) is 0. The van der Waals surface area contributed by atoms with Crippen LogP contribution in [0.4, 0.5) is 0 Å². The average molecular weight is 116 g/mol. The molecular formula is CH6ClNOS. The Kier molecular flexibility index (Phi) is 7.96. The van der Waals surface area contributed by atoms with E-state index in [4.69, 9.17) is 0 Å². The van der Waals surface area contributed by atoms with Crippen LogP contribution in [0.1, 0.15) is 0 Å². The standard InChI is InChI=1S/CH5NOS.ClH/c1-4(2)3;/h2H2,1H3;1H. The van der Waals surface area contributed by atoms with Crippen LogP contribution in [0.2, 0.25) is 0 Å². The highest BCUT2D eigenvalue weighted by atomic mass is 35.5. The number of nitrogens with two attached hydrogens (primary N) is 1. The summed E-state index contributed by atoms with van der Waals surface area (Å²) in [5.74, 6) is 0. The van der Waals surface area contributed by atoms with E-state index in [2.05, 4.69) is 5.14 Å². The lowest BCUT2D eigenvalue weighted by Gasteiger charge is -1.62. The second-order valence-corrected chi connectivity index (χ2v) is 1.50. The minimum atomic E-state index is -1.11. The smallest absolute Gasteiger partial charge is 0.0856 e. The number of halogens is 1. The van der Waals surface area contributed by atoms with Crippen LogP contribution in [-0.2, 0) is 11.0 Å². The SMILES string of the molecule is CS(N)=O.Cl. The Balaban J connectivity index is 0. The average Bonchev–Trinajstić information content (AvgIpc) is 0.811. The van der Waals surface area contributed by atoms with Crippen molar-refractivity contribution in [2.45, 2.75) is 0 Å². The van der Waals surface area contributed by atoms with Crippen molar-refractivity contribution in [3.8, 4) is 0 Å². The summed E-state index contributed by atoms with van der Waals surface area (Å²) in [6.45, 7) is 0. The lowest BCUT2D eigenvalue weighted by molar-refractivity contribution is 0.688. The summed E-state index contributed by atoms with van der Waals surface area (Å²) in [7, 11) is -1.11. The molecule has 34 valence electrons. The predicted octanol–water partition coefficient (Wildman–Crippen LogP) is -0.340. The summed E-state index contributed by atoms with van der Waals surface area (Å²) in [5, 5.41) is 4.58. The Labute approximate surface area is 39.7 Å². The highest BCUT2D eigenvalue weighted by Crippen LogP contribution is 1.36. The third kappa shape index (κ3) is 158. The molecule has 0 saturated carbocycles. The quantitative estimate of drug-likeness (QED) is 0.461. The molecule has 0 aliphatic carbocycles. The van der Waals surface area contributed by atoms with Gasteiger partial charge in [-0.1, -0.05) is 0 Å². The molecule has 0 bridgehead atoms. The van der Waals surface area contributed by atoms with E-state index in [-0.39, 0.29) is 12.4 Å². The molecule has 0 amide bonds. The van der Waals surface area contributed by atoms with E-state index in [0.717, 1.165) is 0 Å². The molecule has 1 atom stereocenters. The van der Waals surface area contributed by atoms with Crippen molar-refractivity contribution in [3.63, 3.8) is 0 Å². The molecule has 0 rings (SSSR count). The Morgan fingerprint density at radius 1 is 1.80 bits per heavy atom. The van der Waals surface area contributed by atoms with Crippen molar-refractivity contribution in [3.05, 3.63) is 0 Å². The van der Waals surface area contributed by atoms with Crippen LogP contribution in [0.15, 0.2) is 0 Å². The molecule has 0 aromatic heterocycles. The Morgan fingerprint density at radius 3 is 1.80 bits per heavy atom. The van der Waals surface area contributed by atoms with Gasteiger partial charge in [-0.3, -0.25) is 5.14 Å². The highest BCUT2D eigenvalue weighted by Gasteiger charge is 1.56. The minimum absolute atomic E-state index is 0. The Hall–Kier alpha value is 0.400. The second kappa shape index (κ2) is 4.40. The first kappa shape index (κ1) is 9.04. The zero-order valence-corrected chi connectivity index (χ0v) is 4.44. The summed E-state index contributed by atoms with van der Waals surface area (Å²) in [5.41, 5.74) is 0. The van der Waals surface area contributed by atoms with Gasteiger partial charge < -0.3 is 0 Å². The number of hydrogen-bond acceptors (Lipinski definition) is 1. The van der Waals surface area contributed by atoms with Gasteiger partial charge in [0, 0.05) is 6.26 Å². The monoisotopic (exact) mass is 115 g/mol. The molecule has 2 nitrogen and oxygen atoms in total. The van der Waals surface area contributed by atoms with Crippen LogP contribution in [-0.4, -0.2) is 10.5 Å². The van der Waals surface area contributed by atoms with E-state index >= 15 is 0 Å². The number of rotatable bonds is 0.